The number of fused-ring (bicyclic) bond motifs is 7. The van der Waals surface area contributed by atoms with Crippen molar-refractivity contribution >= 4 is 17.8 Å². The van der Waals surface area contributed by atoms with E-state index >= 15 is 4.79 Å². The van der Waals surface area contributed by atoms with Gasteiger partial charge in [-0.15, -0.1) is 0 Å². The van der Waals surface area contributed by atoms with E-state index in [-0.39, 0.29) is 57.7 Å². The number of carbonyl (C=O) groups excluding carboxylic acids is 2. The predicted octanol–water partition coefficient (Wildman–Crippen LogP) is 11.3. The highest BCUT2D eigenvalue weighted by Crippen LogP contribution is 2.78. The molecule has 0 radical (unpaired) electrons. The van der Waals surface area contributed by atoms with Crippen LogP contribution in [0, 0.1) is 73.9 Å². The highest BCUT2D eigenvalue weighted by molar-refractivity contribution is 5.85. The van der Waals surface area contributed by atoms with Crippen molar-refractivity contribution in [2.24, 2.45) is 73.9 Å². The molecule has 10 rings (SSSR count). The molecular formula is C60H88N4O7. The first kappa shape index (κ1) is 51.0. The Morgan fingerprint density at radius 3 is 2.24 bits per heavy atom. The van der Waals surface area contributed by atoms with Crippen LogP contribution in [0.1, 0.15) is 157 Å². The Morgan fingerprint density at radius 2 is 1.55 bits per heavy atom. The number of allylic oxidation sites excluding steroid dienone is 1. The zero-order valence-corrected chi connectivity index (χ0v) is 45.0. The molecule has 1 aromatic carbocycles. The number of rotatable bonds is 14. The van der Waals surface area contributed by atoms with E-state index in [0.29, 0.717) is 55.8 Å². The molecule has 1 aromatic heterocycles. The van der Waals surface area contributed by atoms with Gasteiger partial charge < -0.3 is 33.7 Å². The Labute approximate surface area is 425 Å². The van der Waals surface area contributed by atoms with E-state index in [1.54, 1.807) is 7.11 Å². The van der Waals surface area contributed by atoms with Gasteiger partial charge in [-0.2, -0.15) is 0 Å². The zero-order chi connectivity index (χ0) is 50.5. The fourth-order valence-electron chi connectivity index (χ4n) is 18.5. The number of benzene rings is 1. The van der Waals surface area contributed by atoms with Gasteiger partial charge in [-0.05, 0) is 155 Å². The Bertz CT molecular complexity index is 2340. The normalized spacial score (nSPS) is 40.2. The van der Waals surface area contributed by atoms with Crippen LogP contribution in [0.25, 0.3) is 11.3 Å². The van der Waals surface area contributed by atoms with Gasteiger partial charge in [0.1, 0.15) is 11.9 Å². The quantitative estimate of drug-likeness (QED) is 0.112. The number of likely N-dealkylation sites (tertiary alicyclic amines) is 2. The van der Waals surface area contributed by atoms with Crippen LogP contribution in [-0.4, -0.2) is 101 Å². The van der Waals surface area contributed by atoms with Crippen molar-refractivity contribution in [3.8, 4) is 11.3 Å². The Balaban J connectivity index is 0.938. The van der Waals surface area contributed by atoms with E-state index in [4.69, 9.17) is 25.8 Å². The zero-order valence-electron chi connectivity index (χ0n) is 45.0. The SMILES string of the molecule is C=C(C)[C@@H]1CC[C@]2(C(=O)N3C[C@H](OCCOC)C[C@H]3c3nc(-c4ccccc4)cn3CCN3CCCC3)CC[C@]3(C)[C@H](CC[C@@H]4[C@@]5(C)CC[C@H](OC(=O)[C@H]6C[C@@H](C(=O)O)C6(C)C)C(C)(C)[C@@H]5CC[C@]43C)[C@@H]12. The number of ether oxygens (including phenoxy) is 3. The summed E-state index contributed by atoms with van der Waals surface area (Å²) >= 11 is 0. The second-order valence-corrected chi connectivity index (χ2v) is 26.4. The summed E-state index contributed by atoms with van der Waals surface area (Å²) in [5.41, 5.74) is 2.22. The third kappa shape index (κ3) is 8.12. The van der Waals surface area contributed by atoms with Crippen LogP contribution in [0.4, 0.5) is 0 Å². The summed E-state index contributed by atoms with van der Waals surface area (Å²) in [6.07, 6.45) is 15.8. The fourth-order valence-corrected chi connectivity index (χ4v) is 18.5. The molecule has 0 unspecified atom stereocenters. The number of hydrogen-bond acceptors (Lipinski definition) is 8. The molecule has 11 heteroatoms. The van der Waals surface area contributed by atoms with Crippen molar-refractivity contribution in [3.05, 3.63) is 54.5 Å². The minimum atomic E-state index is -0.821. The molecule has 2 aromatic rings. The molecule has 0 spiro atoms. The molecule has 11 nitrogen and oxygen atoms in total. The number of carboxylic acids is 1. The van der Waals surface area contributed by atoms with Gasteiger partial charge in [-0.3, -0.25) is 14.4 Å². The van der Waals surface area contributed by atoms with Crippen LogP contribution in [0.5, 0.6) is 0 Å². The third-order valence-corrected chi connectivity index (χ3v) is 22.7. The number of methoxy groups -OCH3 is 1. The van der Waals surface area contributed by atoms with Crippen molar-refractivity contribution < 1.29 is 33.7 Å². The topological polar surface area (TPSA) is 123 Å². The van der Waals surface area contributed by atoms with E-state index in [1.165, 1.54) is 18.4 Å². The number of nitrogens with zero attached hydrogens (tertiary/aromatic N) is 4. The molecule has 14 atom stereocenters. The van der Waals surface area contributed by atoms with E-state index in [2.05, 4.69) is 92.4 Å². The molecule has 8 fully saturated rings. The monoisotopic (exact) mass is 977 g/mol. The molecule has 3 heterocycles. The van der Waals surface area contributed by atoms with Gasteiger partial charge in [-0.1, -0.05) is 91.0 Å². The summed E-state index contributed by atoms with van der Waals surface area (Å²) in [6, 6.07) is 10.3. The summed E-state index contributed by atoms with van der Waals surface area (Å²) in [5.74, 6) is 1.24. The third-order valence-electron chi connectivity index (χ3n) is 22.7. The van der Waals surface area contributed by atoms with Gasteiger partial charge in [0.05, 0.1) is 48.3 Å². The molecule has 2 aliphatic heterocycles. The van der Waals surface area contributed by atoms with Crippen molar-refractivity contribution in [2.45, 2.75) is 170 Å². The van der Waals surface area contributed by atoms with Crippen LogP contribution < -0.4 is 0 Å². The number of carboxylic acid groups (broad SMARTS) is 1. The van der Waals surface area contributed by atoms with Gasteiger partial charge in [-0.25, -0.2) is 4.98 Å². The molecule has 2 saturated heterocycles. The maximum Gasteiger partial charge on any atom is 0.309 e. The maximum atomic E-state index is 16.4. The van der Waals surface area contributed by atoms with E-state index in [0.717, 1.165) is 114 Å². The first-order valence-electron chi connectivity index (χ1n) is 28.1. The first-order chi connectivity index (χ1) is 33.7. The molecular weight excluding hydrogens is 889 g/mol. The van der Waals surface area contributed by atoms with Crippen LogP contribution in [0.2, 0.25) is 0 Å². The molecule has 1 N–H and O–H groups in total. The minimum absolute atomic E-state index is 0.0486. The molecule has 390 valence electrons. The average molecular weight is 977 g/mol. The van der Waals surface area contributed by atoms with Crippen LogP contribution in [-0.2, 0) is 35.1 Å². The first-order valence-corrected chi connectivity index (χ1v) is 28.1. The molecule has 6 aliphatic carbocycles. The van der Waals surface area contributed by atoms with E-state index in [1.807, 2.05) is 13.8 Å². The molecule has 0 bridgehead atoms. The van der Waals surface area contributed by atoms with E-state index < -0.39 is 22.7 Å². The number of aliphatic carboxylic acids is 1. The number of carbonyl (C=O) groups is 3. The molecule has 71 heavy (non-hydrogen) atoms. The van der Waals surface area contributed by atoms with Crippen molar-refractivity contribution in [1.82, 2.24) is 19.4 Å². The number of aromatic nitrogens is 2. The smallest absolute Gasteiger partial charge is 0.309 e. The Morgan fingerprint density at radius 1 is 0.803 bits per heavy atom. The molecule has 8 aliphatic rings. The van der Waals surface area contributed by atoms with Gasteiger partial charge in [0, 0.05) is 50.3 Å². The van der Waals surface area contributed by atoms with Crippen LogP contribution >= 0.6 is 0 Å². The lowest BCUT2D eigenvalue weighted by Crippen LogP contribution is -2.67. The van der Waals surface area contributed by atoms with Crippen LogP contribution in [0.3, 0.4) is 0 Å². The van der Waals surface area contributed by atoms with Gasteiger partial charge in [0.15, 0.2) is 0 Å². The second kappa shape index (κ2) is 18.7. The largest absolute Gasteiger partial charge is 0.481 e. The lowest BCUT2D eigenvalue weighted by molar-refractivity contribution is -0.251. The summed E-state index contributed by atoms with van der Waals surface area (Å²) in [6.45, 7) is 29.0. The molecule has 1 amide bonds. The number of amides is 1. The maximum absolute atomic E-state index is 16.4. The minimum Gasteiger partial charge on any atom is -0.481 e. The predicted molar refractivity (Wildman–Crippen MR) is 276 cm³/mol. The Kier molecular flexibility index (Phi) is 13.4. The standard InChI is InChI=1S/C60H88N4O7/c1-38(2)41-20-25-60(54(68)64-36-40(70-33-32-69-10)34-46(64)51-61-45(39-16-12-11-13-17-39)37-63(51)31-30-62-28-14-15-29-62)27-26-58(8)42(50(41)60)18-19-48-57(7)23-22-49(56(5,6)47(57)21-24-59(48,58)9)71-53(67)44-35-43(52(65)66)55(44,3)4/h11-13,16-17,37,40-44,46-50H,1,14-15,18-36H2,2-10H3,(H,65,66)/t40-,41+,42-,43+,44-,46+,47+,48-,49+,50-,57+,58-,59-,60+/m1/s1. The highest BCUT2D eigenvalue weighted by Gasteiger charge is 2.73. The summed E-state index contributed by atoms with van der Waals surface area (Å²) in [7, 11) is 1.72. The summed E-state index contributed by atoms with van der Waals surface area (Å²) in [4.78, 5) is 52.5. The van der Waals surface area contributed by atoms with Crippen molar-refractivity contribution in [2.75, 3.05) is 46.5 Å². The highest BCUT2D eigenvalue weighted by atomic mass is 16.5. The number of esters is 1. The van der Waals surface area contributed by atoms with Crippen molar-refractivity contribution in [1.29, 1.82) is 0 Å². The van der Waals surface area contributed by atoms with E-state index in [9.17, 15) is 14.7 Å². The lowest BCUT2D eigenvalue weighted by Gasteiger charge is -2.73. The fraction of sp³-hybridized carbons (Fsp3) is 0.767. The van der Waals surface area contributed by atoms with Gasteiger partial charge in [0.25, 0.3) is 0 Å². The van der Waals surface area contributed by atoms with Gasteiger partial charge in [0.2, 0.25) is 5.91 Å². The Hall–Kier alpha value is -3.54. The van der Waals surface area contributed by atoms with Gasteiger partial charge >= 0.3 is 11.9 Å². The number of imidazole rings is 1. The van der Waals surface area contributed by atoms with Crippen LogP contribution in [0.15, 0.2) is 48.7 Å². The van der Waals surface area contributed by atoms with Crippen molar-refractivity contribution in [3.63, 3.8) is 0 Å². The second-order valence-electron chi connectivity index (χ2n) is 26.4. The summed E-state index contributed by atoms with van der Waals surface area (Å²) < 4.78 is 20.9. The average Bonchev–Trinajstić information content (AvgIpc) is 4.16. The molecule has 6 saturated carbocycles. The summed E-state index contributed by atoms with van der Waals surface area (Å²) in [5, 5.41) is 9.79. The number of hydrogen-bond donors (Lipinski definition) is 1. The lowest BCUT2D eigenvalue weighted by atomic mass is 9.32.